The van der Waals surface area contributed by atoms with Gasteiger partial charge in [0.1, 0.15) is 5.60 Å². The molecule has 5 heteroatoms. The maximum Gasteiger partial charge on any atom is 0.407 e. The normalized spacial score (nSPS) is 12.4. The highest BCUT2D eigenvalue weighted by Crippen LogP contribution is 2.14. The third kappa shape index (κ3) is 5.40. The van der Waals surface area contributed by atoms with Crippen LogP contribution < -0.4 is 5.32 Å². The monoisotopic (exact) mass is 262 g/mol. The van der Waals surface area contributed by atoms with E-state index in [9.17, 15) is 9.90 Å². The number of hydrogen-bond acceptors (Lipinski definition) is 4. The topological polar surface area (TPSA) is 82.3 Å². The standard InChI is InChI=1S/C14H18N2O3/c1-14(2,3)19-13(18)16-9-12(17)11-6-4-5-10(7-11)8-15/h4-7,12,17H,9H2,1-3H3,(H,16,18)/t12-/m0/s1. The number of nitrogens with zero attached hydrogens (tertiary/aromatic N) is 1. The maximum absolute atomic E-state index is 11.4. The number of nitrogens with one attached hydrogen (secondary N) is 1. The second kappa shape index (κ2) is 6.21. The number of benzene rings is 1. The van der Waals surface area contributed by atoms with E-state index in [0.29, 0.717) is 11.1 Å². The summed E-state index contributed by atoms with van der Waals surface area (Å²) in [6, 6.07) is 8.61. The first-order chi connectivity index (χ1) is 8.81. The fourth-order valence-electron chi connectivity index (χ4n) is 1.43. The van der Waals surface area contributed by atoms with Gasteiger partial charge in [0, 0.05) is 0 Å². The Labute approximate surface area is 112 Å². The van der Waals surface area contributed by atoms with Crippen LogP contribution in [0, 0.1) is 11.3 Å². The zero-order valence-corrected chi connectivity index (χ0v) is 11.3. The SMILES string of the molecule is CC(C)(C)OC(=O)NC[C@H](O)c1cccc(C#N)c1. The predicted octanol–water partition coefficient (Wildman–Crippen LogP) is 2.12. The molecule has 0 aliphatic rings. The molecule has 1 amide bonds. The first kappa shape index (κ1) is 15.0. The summed E-state index contributed by atoms with van der Waals surface area (Å²) >= 11 is 0. The Hall–Kier alpha value is -2.06. The molecule has 5 nitrogen and oxygen atoms in total. The fraction of sp³-hybridized carbons (Fsp3) is 0.429. The van der Waals surface area contributed by atoms with Crippen molar-refractivity contribution < 1.29 is 14.6 Å². The summed E-state index contributed by atoms with van der Waals surface area (Å²) in [5, 5.41) is 21.2. The van der Waals surface area contributed by atoms with Gasteiger partial charge < -0.3 is 15.2 Å². The van der Waals surface area contributed by atoms with Crippen LogP contribution in [0.3, 0.4) is 0 Å². The summed E-state index contributed by atoms with van der Waals surface area (Å²) in [5.74, 6) is 0. The Morgan fingerprint density at radius 1 is 1.53 bits per heavy atom. The van der Waals surface area contributed by atoms with E-state index >= 15 is 0 Å². The van der Waals surface area contributed by atoms with Crippen molar-refractivity contribution in [3.8, 4) is 6.07 Å². The minimum absolute atomic E-state index is 0.0315. The van der Waals surface area contributed by atoms with Gasteiger partial charge in [0.05, 0.1) is 24.3 Å². The number of aliphatic hydroxyl groups is 1. The smallest absolute Gasteiger partial charge is 0.407 e. The van der Waals surface area contributed by atoms with Crippen LogP contribution in [0.4, 0.5) is 4.79 Å². The lowest BCUT2D eigenvalue weighted by atomic mass is 10.1. The van der Waals surface area contributed by atoms with E-state index in [-0.39, 0.29) is 6.54 Å². The number of hydrogen-bond donors (Lipinski definition) is 2. The summed E-state index contributed by atoms with van der Waals surface area (Å²) < 4.78 is 5.06. The minimum atomic E-state index is -0.874. The van der Waals surface area contributed by atoms with Crippen molar-refractivity contribution in [2.45, 2.75) is 32.5 Å². The van der Waals surface area contributed by atoms with Crippen LogP contribution in [0.1, 0.15) is 38.0 Å². The van der Waals surface area contributed by atoms with E-state index in [1.54, 1.807) is 45.0 Å². The quantitative estimate of drug-likeness (QED) is 0.874. The van der Waals surface area contributed by atoms with Crippen LogP contribution in [-0.4, -0.2) is 23.3 Å². The second-order valence-electron chi connectivity index (χ2n) is 5.14. The molecule has 1 rings (SSSR count). The zero-order valence-electron chi connectivity index (χ0n) is 11.3. The highest BCUT2D eigenvalue weighted by atomic mass is 16.6. The van der Waals surface area contributed by atoms with Crippen molar-refractivity contribution in [2.24, 2.45) is 0 Å². The minimum Gasteiger partial charge on any atom is -0.444 e. The van der Waals surface area contributed by atoms with Crippen LogP contribution in [0.15, 0.2) is 24.3 Å². The predicted molar refractivity (Wildman–Crippen MR) is 70.4 cm³/mol. The lowest BCUT2D eigenvalue weighted by Gasteiger charge is -2.20. The van der Waals surface area contributed by atoms with Crippen molar-refractivity contribution in [1.29, 1.82) is 5.26 Å². The molecule has 0 saturated carbocycles. The number of nitriles is 1. The van der Waals surface area contributed by atoms with Gasteiger partial charge in [-0.1, -0.05) is 12.1 Å². The van der Waals surface area contributed by atoms with Gasteiger partial charge >= 0.3 is 6.09 Å². The molecule has 1 atom stereocenters. The lowest BCUT2D eigenvalue weighted by molar-refractivity contribution is 0.0492. The van der Waals surface area contributed by atoms with Crippen molar-refractivity contribution in [1.82, 2.24) is 5.32 Å². The molecule has 0 unspecified atom stereocenters. The molecule has 102 valence electrons. The third-order valence-corrected chi connectivity index (χ3v) is 2.24. The number of aliphatic hydroxyl groups excluding tert-OH is 1. The van der Waals surface area contributed by atoms with Gasteiger partial charge in [-0.3, -0.25) is 0 Å². The molecular weight excluding hydrogens is 244 g/mol. The van der Waals surface area contributed by atoms with Gasteiger partial charge in [-0.25, -0.2) is 4.79 Å². The first-order valence-electron chi connectivity index (χ1n) is 5.97. The average Bonchev–Trinajstić information content (AvgIpc) is 2.34. The van der Waals surface area contributed by atoms with Crippen LogP contribution in [0.25, 0.3) is 0 Å². The highest BCUT2D eigenvalue weighted by Gasteiger charge is 2.17. The van der Waals surface area contributed by atoms with E-state index in [2.05, 4.69) is 5.32 Å². The molecule has 1 aromatic carbocycles. The van der Waals surface area contributed by atoms with Gasteiger partial charge in [0.2, 0.25) is 0 Å². The number of ether oxygens (including phenoxy) is 1. The van der Waals surface area contributed by atoms with Crippen molar-refractivity contribution in [3.05, 3.63) is 35.4 Å². The largest absolute Gasteiger partial charge is 0.444 e. The fourth-order valence-corrected chi connectivity index (χ4v) is 1.43. The second-order valence-corrected chi connectivity index (χ2v) is 5.14. The zero-order chi connectivity index (χ0) is 14.5. The molecule has 19 heavy (non-hydrogen) atoms. The van der Waals surface area contributed by atoms with Gasteiger partial charge in [0.15, 0.2) is 0 Å². The number of alkyl carbamates (subject to hydrolysis) is 1. The summed E-state index contributed by atoms with van der Waals surface area (Å²) in [7, 11) is 0. The van der Waals surface area contributed by atoms with Crippen molar-refractivity contribution in [3.63, 3.8) is 0 Å². The van der Waals surface area contributed by atoms with Gasteiger partial charge in [-0.05, 0) is 38.5 Å². The van der Waals surface area contributed by atoms with Crippen LogP contribution in [-0.2, 0) is 4.74 Å². The average molecular weight is 262 g/mol. The van der Waals surface area contributed by atoms with E-state index in [0.717, 1.165) is 0 Å². The first-order valence-corrected chi connectivity index (χ1v) is 5.97. The maximum atomic E-state index is 11.4. The summed E-state index contributed by atoms with van der Waals surface area (Å²) in [6.07, 6.45) is -1.45. The molecule has 0 bridgehead atoms. The molecule has 0 aliphatic heterocycles. The van der Waals surface area contributed by atoms with E-state index in [1.807, 2.05) is 6.07 Å². The third-order valence-electron chi connectivity index (χ3n) is 2.24. The molecule has 0 saturated heterocycles. The lowest BCUT2D eigenvalue weighted by Crippen LogP contribution is -2.34. The molecule has 0 aliphatic carbocycles. The van der Waals surface area contributed by atoms with Crippen LogP contribution in [0.2, 0.25) is 0 Å². The Balaban J connectivity index is 2.54. The Morgan fingerprint density at radius 2 is 2.21 bits per heavy atom. The molecule has 0 spiro atoms. The van der Waals surface area contributed by atoms with Crippen LogP contribution in [0.5, 0.6) is 0 Å². The van der Waals surface area contributed by atoms with Gasteiger partial charge in [0.25, 0.3) is 0 Å². The Bertz CT molecular complexity index is 486. The summed E-state index contributed by atoms with van der Waals surface area (Å²) in [6.45, 7) is 5.32. The molecule has 0 fully saturated rings. The number of carbonyl (C=O) groups excluding carboxylic acids is 1. The van der Waals surface area contributed by atoms with E-state index in [1.165, 1.54) is 0 Å². The number of rotatable bonds is 3. The number of amides is 1. The molecule has 0 radical (unpaired) electrons. The highest BCUT2D eigenvalue weighted by molar-refractivity contribution is 5.67. The summed E-state index contributed by atoms with van der Waals surface area (Å²) in [4.78, 5) is 11.4. The number of carbonyl (C=O) groups is 1. The molecule has 1 aromatic rings. The summed E-state index contributed by atoms with van der Waals surface area (Å²) in [5.41, 5.74) is 0.472. The van der Waals surface area contributed by atoms with Crippen molar-refractivity contribution in [2.75, 3.05) is 6.54 Å². The molecule has 2 N–H and O–H groups in total. The molecular formula is C14H18N2O3. The van der Waals surface area contributed by atoms with Crippen molar-refractivity contribution >= 4 is 6.09 Å². The molecule has 0 heterocycles. The van der Waals surface area contributed by atoms with Gasteiger partial charge in [-0.15, -0.1) is 0 Å². The van der Waals surface area contributed by atoms with E-state index < -0.39 is 17.8 Å². The van der Waals surface area contributed by atoms with E-state index in [4.69, 9.17) is 10.00 Å². The molecule has 0 aromatic heterocycles. The van der Waals surface area contributed by atoms with Gasteiger partial charge in [-0.2, -0.15) is 5.26 Å². The van der Waals surface area contributed by atoms with Crippen LogP contribution >= 0.6 is 0 Å². The Kier molecular flexibility index (Phi) is 4.90. The Morgan fingerprint density at radius 3 is 2.79 bits per heavy atom.